The first-order valence-electron chi connectivity index (χ1n) is 10.5. The molecule has 2 fully saturated rings. The van der Waals surface area contributed by atoms with Crippen molar-refractivity contribution in [2.75, 3.05) is 37.6 Å². The first kappa shape index (κ1) is 16.7. The van der Waals surface area contributed by atoms with E-state index in [-0.39, 0.29) is 12.0 Å². The summed E-state index contributed by atoms with van der Waals surface area (Å²) in [7, 11) is 0. The predicted molar refractivity (Wildman–Crippen MR) is 108 cm³/mol. The van der Waals surface area contributed by atoms with Gasteiger partial charge in [0.2, 0.25) is 0 Å². The maximum atomic E-state index is 11.0. The van der Waals surface area contributed by atoms with Crippen LogP contribution in [0.5, 0.6) is 0 Å². The Bertz CT molecular complexity index is 687. The molecule has 0 atom stereocenters. The van der Waals surface area contributed by atoms with Gasteiger partial charge < -0.3 is 16.0 Å². The van der Waals surface area contributed by atoms with Crippen molar-refractivity contribution in [3.63, 3.8) is 0 Å². The van der Waals surface area contributed by atoms with Crippen molar-refractivity contribution in [2.45, 2.75) is 45.0 Å². The number of benzene rings is 1. The molecule has 144 valence electrons. The van der Waals surface area contributed by atoms with Crippen molar-refractivity contribution >= 4 is 23.3 Å². The summed E-state index contributed by atoms with van der Waals surface area (Å²) in [5, 5.41) is 3.57. The zero-order valence-corrected chi connectivity index (χ0v) is 16.3. The monoisotopic (exact) mass is 380 g/mol. The highest BCUT2D eigenvalue weighted by molar-refractivity contribution is 6.34. The predicted octanol–water partition coefficient (Wildman–Crippen LogP) is 3.39. The summed E-state index contributed by atoms with van der Waals surface area (Å²) in [5.74, 6) is 0.0303. The van der Waals surface area contributed by atoms with Crippen LogP contribution in [-0.4, -0.2) is 49.7 Å². The van der Waals surface area contributed by atoms with Gasteiger partial charge in [0.15, 0.2) is 0 Å². The molecular weight excluding hydrogens is 348 g/mol. The van der Waals surface area contributed by atoms with Crippen molar-refractivity contribution in [2.24, 2.45) is 11.7 Å². The number of anilines is 1. The average Bonchev–Trinajstić information content (AvgIpc) is 2.64. The Hall–Kier alpha value is -1.46. The number of primary amides is 1. The number of hydrogen-bond donors (Lipinski definition) is 2. The maximum Gasteiger partial charge on any atom is 0.312 e. The third-order valence-electron chi connectivity index (χ3n) is 5.56. The summed E-state index contributed by atoms with van der Waals surface area (Å²) in [4.78, 5) is 15.5. The Kier molecular flexibility index (Phi) is 5.75. The molecule has 5 nitrogen and oxygen atoms in total. The fourth-order valence-electron chi connectivity index (χ4n) is 3.92. The van der Waals surface area contributed by atoms with E-state index in [1.807, 2.05) is 19.1 Å². The number of nitrogens with one attached hydrogen (secondary N) is 1. The zero-order valence-electron chi connectivity index (χ0n) is 17.5. The molecule has 3 N–H and O–H groups in total. The van der Waals surface area contributed by atoms with E-state index in [1.54, 1.807) is 0 Å². The third kappa shape index (κ3) is 5.04. The Balaban J connectivity index is 1.50. The summed E-state index contributed by atoms with van der Waals surface area (Å²) >= 11 is 6.46. The van der Waals surface area contributed by atoms with Gasteiger partial charge in [0.25, 0.3) is 0 Å². The summed E-state index contributed by atoms with van der Waals surface area (Å²) in [5.41, 5.74) is 7.35. The van der Waals surface area contributed by atoms with E-state index in [2.05, 4.69) is 21.2 Å². The molecule has 2 aliphatic rings. The number of rotatable bonds is 5. The molecule has 1 aliphatic heterocycles. The molecule has 26 heavy (non-hydrogen) atoms. The van der Waals surface area contributed by atoms with E-state index in [9.17, 15) is 4.79 Å². The minimum absolute atomic E-state index is 0.0303. The molecule has 0 spiro atoms. The van der Waals surface area contributed by atoms with Crippen molar-refractivity contribution in [1.29, 1.82) is 0 Å². The molecule has 0 radical (unpaired) electrons. The van der Waals surface area contributed by atoms with E-state index < -0.39 is 12.4 Å². The van der Waals surface area contributed by atoms with Gasteiger partial charge in [-0.1, -0.05) is 23.7 Å². The van der Waals surface area contributed by atoms with Gasteiger partial charge in [-0.2, -0.15) is 0 Å². The minimum atomic E-state index is -1.22. The van der Waals surface area contributed by atoms with Gasteiger partial charge >= 0.3 is 6.03 Å². The normalized spacial score (nSPS) is 26.2. The number of nitrogens with two attached hydrogens (primary N) is 1. The van der Waals surface area contributed by atoms with Crippen molar-refractivity contribution in [1.82, 2.24) is 10.2 Å². The standard InChI is InChI=1S/C20H31ClN4O/c1-15-3-2-4-18(19(15)21)25-13-11-24(12-14-25)10-9-16-5-7-17(8-6-16)23-20(22)26/h2-4,16-17H,5-14H2,1H3,(H3,22,23,26)/t16-,17-/i9D2. The molecule has 1 saturated heterocycles. The molecule has 1 saturated carbocycles. The number of halogens is 1. The largest absolute Gasteiger partial charge is 0.368 e. The minimum Gasteiger partial charge on any atom is -0.368 e. The maximum absolute atomic E-state index is 11.0. The number of amides is 2. The van der Waals surface area contributed by atoms with Crippen molar-refractivity contribution in [3.8, 4) is 0 Å². The SMILES string of the molecule is [2H]C([2H])(CN1CCN(c2cccc(C)c2Cl)CC1)[C@H]1CC[C@H](NC(N)=O)CC1. The average molecular weight is 381 g/mol. The van der Waals surface area contributed by atoms with Crippen LogP contribution in [0.3, 0.4) is 0 Å². The van der Waals surface area contributed by atoms with Gasteiger partial charge in [-0.25, -0.2) is 4.79 Å². The summed E-state index contributed by atoms with van der Waals surface area (Å²) in [6.45, 7) is 5.86. The van der Waals surface area contributed by atoms with Crippen LogP contribution in [-0.2, 0) is 0 Å². The highest BCUT2D eigenvalue weighted by atomic mass is 35.5. The molecule has 6 heteroatoms. The lowest BCUT2D eigenvalue weighted by Gasteiger charge is -2.37. The number of piperazine rings is 1. The van der Waals surface area contributed by atoms with E-state index in [0.717, 1.165) is 68.1 Å². The Labute approximate surface area is 164 Å². The van der Waals surface area contributed by atoms with Gasteiger partial charge in [-0.15, -0.1) is 0 Å². The summed E-state index contributed by atoms with van der Waals surface area (Å²) < 4.78 is 17.2. The summed E-state index contributed by atoms with van der Waals surface area (Å²) in [6, 6.07) is 5.71. The molecule has 1 aromatic rings. The fraction of sp³-hybridized carbons (Fsp3) is 0.650. The number of nitrogens with zero attached hydrogens (tertiary/aromatic N) is 2. The molecule has 0 unspecified atom stereocenters. The van der Waals surface area contributed by atoms with Gasteiger partial charge in [-0.3, -0.25) is 4.90 Å². The van der Waals surface area contributed by atoms with Crippen LogP contribution < -0.4 is 16.0 Å². The van der Waals surface area contributed by atoms with E-state index in [1.165, 1.54) is 0 Å². The molecule has 3 rings (SSSR count). The molecular formula is C20H31ClN4O. The van der Waals surface area contributed by atoms with E-state index in [0.29, 0.717) is 6.54 Å². The molecule has 0 aromatic heterocycles. The number of aryl methyl sites for hydroxylation is 1. The van der Waals surface area contributed by atoms with Crippen LogP contribution >= 0.6 is 11.6 Å². The van der Waals surface area contributed by atoms with E-state index >= 15 is 0 Å². The van der Waals surface area contributed by atoms with Crippen LogP contribution in [0.4, 0.5) is 10.5 Å². The topological polar surface area (TPSA) is 61.6 Å². The number of urea groups is 1. The Morgan fingerprint density at radius 1 is 1.27 bits per heavy atom. The molecule has 1 aromatic carbocycles. The first-order valence-corrected chi connectivity index (χ1v) is 9.92. The smallest absolute Gasteiger partial charge is 0.312 e. The number of hydrogen-bond acceptors (Lipinski definition) is 3. The van der Waals surface area contributed by atoms with Gasteiger partial charge in [-0.05, 0) is 63.1 Å². The lowest BCUT2D eigenvalue weighted by molar-refractivity contribution is 0.207. The Morgan fingerprint density at radius 2 is 1.96 bits per heavy atom. The van der Waals surface area contributed by atoms with Crippen molar-refractivity contribution < 1.29 is 7.54 Å². The second-order valence-corrected chi connectivity index (χ2v) is 7.81. The highest BCUT2D eigenvalue weighted by Gasteiger charge is 2.24. The summed E-state index contributed by atoms with van der Waals surface area (Å²) in [6.07, 6.45) is 1.95. The van der Waals surface area contributed by atoms with Crippen molar-refractivity contribution in [3.05, 3.63) is 28.8 Å². The van der Waals surface area contributed by atoms with Gasteiger partial charge in [0, 0.05) is 35.0 Å². The first-order chi connectivity index (χ1) is 13.3. The highest BCUT2D eigenvalue weighted by Crippen LogP contribution is 2.30. The van der Waals surface area contributed by atoms with Crippen LogP contribution in [0, 0.1) is 12.8 Å². The van der Waals surface area contributed by atoms with Gasteiger partial charge in [0.1, 0.15) is 0 Å². The second-order valence-electron chi connectivity index (χ2n) is 7.43. The van der Waals surface area contributed by atoms with E-state index in [4.69, 9.17) is 20.1 Å². The Morgan fingerprint density at radius 3 is 2.62 bits per heavy atom. The quantitative estimate of drug-likeness (QED) is 0.823. The van der Waals surface area contributed by atoms with Gasteiger partial charge in [0.05, 0.1) is 10.7 Å². The van der Waals surface area contributed by atoms with Crippen LogP contribution in [0.25, 0.3) is 0 Å². The third-order valence-corrected chi connectivity index (χ3v) is 6.05. The molecule has 2 amide bonds. The zero-order chi connectivity index (χ0) is 20.3. The molecule has 1 heterocycles. The van der Waals surface area contributed by atoms with Crippen LogP contribution in [0.2, 0.25) is 5.02 Å². The molecule has 0 bridgehead atoms. The lowest BCUT2D eigenvalue weighted by Crippen LogP contribution is -2.47. The van der Waals surface area contributed by atoms with Crippen LogP contribution in [0.15, 0.2) is 18.2 Å². The van der Waals surface area contributed by atoms with Crippen LogP contribution in [0.1, 0.15) is 40.4 Å². The lowest BCUT2D eigenvalue weighted by atomic mass is 9.84. The number of carbonyl (C=O) groups excluding carboxylic acids is 1. The fourth-order valence-corrected chi connectivity index (χ4v) is 4.17. The molecule has 1 aliphatic carbocycles. The number of carbonyl (C=O) groups is 1. The second kappa shape index (κ2) is 8.96.